The zero-order valence-corrected chi connectivity index (χ0v) is 13.6. The van der Waals surface area contributed by atoms with Crippen molar-refractivity contribution in [2.75, 3.05) is 31.2 Å². The number of morpholine rings is 1. The van der Waals surface area contributed by atoms with Gasteiger partial charge in [0.2, 0.25) is 11.8 Å². The van der Waals surface area contributed by atoms with Crippen LogP contribution in [0.15, 0.2) is 24.3 Å². The van der Waals surface area contributed by atoms with Crippen LogP contribution in [0.4, 0.5) is 10.1 Å². The first kappa shape index (κ1) is 17.3. The van der Waals surface area contributed by atoms with E-state index in [1.54, 1.807) is 0 Å². The Hall–Kier alpha value is -2.48. The number of halogens is 1. The van der Waals surface area contributed by atoms with Crippen LogP contribution in [0, 0.1) is 11.7 Å². The van der Waals surface area contributed by atoms with Gasteiger partial charge in [0.1, 0.15) is 11.7 Å². The van der Waals surface area contributed by atoms with Gasteiger partial charge in [-0.2, -0.15) is 0 Å². The molecule has 2 heterocycles. The number of carboxylic acid groups (broad SMARTS) is 1. The summed E-state index contributed by atoms with van der Waals surface area (Å²) in [5.74, 6) is -2.94. The second kappa shape index (κ2) is 7.18. The second-order valence-corrected chi connectivity index (χ2v) is 6.17. The number of rotatable bonds is 4. The Morgan fingerprint density at radius 2 is 1.96 bits per heavy atom. The van der Waals surface area contributed by atoms with Gasteiger partial charge in [-0.15, -0.1) is 0 Å². The fourth-order valence-electron chi connectivity index (χ4n) is 3.30. The minimum atomic E-state index is -1.01. The molecule has 0 aliphatic carbocycles. The molecule has 8 heteroatoms. The summed E-state index contributed by atoms with van der Waals surface area (Å²) in [4.78, 5) is 39.4. The van der Waals surface area contributed by atoms with Crippen LogP contribution in [-0.4, -0.2) is 60.1 Å². The minimum Gasteiger partial charge on any atom is -0.481 e. The molecule has 1 aromatic carbocycles. The van der Waals surface area contributed by atoms with E-state index in [2.05, 4.69) is 0 Å². The van der Waals surface area contributed by atoms with Crippen molar-refractivity contribution in [1.29, 1.82) is 0 Å². The van der Waals surface area contributed by atoms with Crippen molar-refractivity contribution < 1.29 is 28.6 Å². The van der Waals surface area contributed by atoms with E-state index >= 15 is 0 Å². The highest BCUT2D eigenvalue weighted by atomic mass is 19.1. The summed E-state index contributed by atoms with van der Waals surface area (Å²) in [5.41, 5.74) is 0.547. The highest BCUT2D eigenvalue weighted by Gasteiger charge is 2.42. The topological polar surface area (TPSA) is 87.2 Å². The van der Waals surface area contributed by atoms with Crippen LogP contribution in [0.25, 0.3) is 0 Å². The summed E-state index contributed by atoms with van der Waals surface area (Å²) in [6.45, 7) is 1.12. The van der Waals surface area contributed by atoms with E-state index in [0.717, 1.165) is 0 Å². The fraction of sp³-hybridized carbons (Fsp3) is 0.471. The molecule has 2 aliphatic rings. The molecule has 2 amide bonds. The summed E-state index contributed by atoms with van der Waals surface area (Å²) < 4.78 is 18.3. The SMILES string of the molecule is O=C(O)CC1COCCN1C(=O)C1CCN(c2ccc(F)cc2)C1=O. The third kappa shape index (κ3) is 3.63. The van der Waals surface area contributed by atoms with Gasteiger partial charge >= 0.3 is 5.97 Å². The number of carbonyl (C=O) groups excluding carboxylic acids is 2. The van der Waals surface area contributed by atoms with E-state index in [1.165, 1.54) is 34.1 Å². The first-order chi connectivity index (χ1) is 12.0. The van der Waals surface area contributed by atoms with Gasteiger partial charge in [-0.3, -0.25) is 14.4 Å². The van der Waals surface area contributed by atoms with Crippen molar-refractivity contribution in [3.8, 4) is 0 Å². The Labute approximate surface area is 144 Å². The zero-order chi connectivity index (χ0) is 18.0. The number of carbonyl (C=O) groups is 3. The van der Waals surface area contributed by atoms with Gasteiger partial charge in [-0.05, 0) is 30.7 Å². The summed E-state index contributed by atoms with van der Waals surface area (Å²) in [6.07, 6.45) is 0.139. The summed E-state index contributed by atoms with van der Waals surface area (Å²) >= 11 is 0. The van der Waals surface area contributed by atoms with Gasteiger partial charge in [0, 0.05) is 18.8 Å². The fourth-order valence-corrected chi connectivity index (χ4v) is 3.30. The third-order valence-electron chi connectivity index (χ3n) is 4.56. The quantitative estimate of drug-likeness (QED) is 0.815. The van der Waals surface area contributed by atoms with Gasteiger partial charge in [0.05, 0.1) is 25.7 Å². The lowest BCUT2D eigenvalue weighted by molar-refractivity contribution is -0.150. The molecule has 2 aliphatic heterocycles. The lowest BCUT2D eigenvalue weighted by Gasteiger charge is -2.36. The molecule has 0 radical (unpaired) electrons. The zero-order valence-electron chi connectivity index (χ0n) is 13.6. The van der Waals surface area contributed by atoms with Crippen LogP contribution in [0.5, 0.6) is 0 Å². The smallest absolute Gasteiger partial charge is 0.305 e. The Morgan fingerprint density at radius 3 is 2.64 bits per heavy atom. The predicted octanol–water partition coefficient (Wildman–Crippen LogP) is 0.881. The number of carboxylic acids is 1. The maximum atomic E-state index is 13.0. The summed E-state index contributed by atoms with van der Waals surface area (Å²) in [5, 5.41) is 9.00. The molecule has 0 aromatic heterocycles. The number of ether oxygens (including phenoxy) is 1. The van der Waals surface area contributed by atoms with Crippen LogP contribution in [0.3, 0.4) is 0 Å². The maximum absolute atomic E-state index is 13.0. The Bertz CT molecular complexity index is 678. The van der Waals surface area contributed by atoms with Crippen LogP contribution in [0.1, 0.15) is 12.8 Å². The third-order valence-corrected chi connectivity index (χ3v) is 4.56. The number of anilines is 1. The van der Waals surface area contributed by atoms with Gasteiger partial charge < -0.3 is 19.6 Å². The van der Waals surface area contributed by atoms with Crippen molar-refractivity contribution >= 4 is 23.5 Å². The molecule has 7 nitrogen and oxygen atoms in total. The number of hydrogen-bond acceptors (Lipinski definition) is 4. The molecule has 2 fully saturated rings. The van der Waals surface area contributed by atoms with Crippen LogP contribution >= 0.6 is 0 Å². The van der Waals surface area contributed by atoms with Crippen LogP contribution in [0.2, 0.25) is 0 Å². The molecule has 1 aromatic rings. The van der Waals surface area contributed by atoms with E-state index in [0.29, 0.717) is 25.3 Å². The summed E-state index contributed by atoms with van der Waals surface area (Å²) in [7, 11) is 0. The normalized spacial score (nSPS) is 23.8. The first-order valence-electron chi connectivity index (χ1n) is 8.14. The number of hydrogen-bond donors (Lipinski definition) is 1. The van der Waals surface area contributed by atoms with Crippen molar-refractivity contribution in [2.45, 2.75) is 18.9 Å². The van der Waals surface area contributed by atoms with Crippen molar-refractivity contribution in [2.24, 2.45) is 5.92 Å². The number of nitrogens with zero attached hydrogens (tertiary/aromatic N) is 2. The van der Waals surface area contributed by atoms with E-state index < -0.39 is 23.7 Å². The predicted molar refractivity (Wildman–Crippen MR) is 85.4 cm³/mol. The molecule has 2 unspecified atom stereocenters. The minimum absolute atomic E-state index is 0.153. The number of benzene rings is 1. The maximum Gasteiger partial charge on any atom is 0.305 e. The van der Waals surface area contributed by atoms with Gasteiger partial charge in [-0.25, -0.2) is 4.39 Å². The Morgan fingerprint density at radius 1 is 1.24 bits per heavy atom. The Kier molecular flexibility index (Phi) is 4.98. The molecule has 1 N–H and O–H groups in total. The molecule has 0 bridgehead atoms. The van der Waals surface area contributed by atoms with E-state index in [9.17, 15) is 18.8 Å². The highest BCUT2D eigenvalue weighted by molar-refractivity contribution is 6.09. The largest absolute Gasteiger partial charge is 0.481 e. The number of amides is 2. The molecule has 25 heavy (non-hydrogen) atoms. The van der Waals surface area contributed by atoms with E-state index in [1.807, 2.05) is 0 Å². The standard InChI is InChI=1S/C17H19FN2O5/c18-11-1-3-12(4-2-11)19-6-5-14(16(19)23)17(24)20-7-8-25-10-13(20)9-15(21)22/h1-4,13-14H,5-10H2,(H,21,22). The van der Waals surface area contributed by atoms with Crippen molar-refractivity contribution in [1.82, 2.24) is 4.90 Å². The molecular formula is C17H19FN2O5. The lowest BCUT2D eigenvalue weighted by Crippen LogP contribution is -2.52. The molecule has 2 atom stereocenters. The van der Waals surface area contributed by atoms with Crippen LogP contribution in [-0.2, 0) is 19.1 Å². The second-order valence-electron chi connectivity index (χ2n) is 6.17. The van der Waals surface area contributed by atoms with E-state index in [-0.39, 0.29) is 31.4 Å². The highest BCUT2D eigenvalue weighted by Crippen LogP contribution is 2.28. The molecular weight excluding hydrogens is 331 g/mol. The molecule has 134 valence electrons. The van der Waals surface area contributed by atoms with E-state index in [4.69, 9.17) is 9.84 Å². The molecule has 2 saturated heterocycles. The Balaban J connectivity index is 1.72. The first-order valence-corrected chi connectivity index (χ1v) is 8.14. The number of aliphatic carboxylic acids is 1. The molecule has 0 spiro atoms. The monoisotopic (exact) mass is 350 g/mol. The molecule has 3 rings (SSSR count). The average Bonchev–Trinajstić information content (AvgIpc) is 2.96. The lowest BCUT2D eigenvalue weighted by atomic mass is 10.0. The van der Waals surface area contributed by atoms with Gasteiger partial charge in [0.15, 0.2) is 0 Å². The van der Waals surface area contributed by atoms with Crippen molar-refractivity contribution in [3.05, 3.63) is 30.1 Å². The molecule has 0 saturated carbocycles. The van der Waals surface area contributed by atoms with Crippen LogP contribution < -0.4 is 4.90 Å². The average molecular weight is 350 g/mol. The van der Waals surface area contributed by atoms with Gasteiger partial charge in [0.25, 0.3) is 0 Å². The summed E-state index contributed by atoms with van der Waals surface area (Å²) in [6, 6.07) is 4.97. The van der Waals surface area contributed by atoms with Crippen molar-refractivity contribution in [3.63, 3.8) is 0 Å². The van der Waals surface area contributed by atoms with Gasteiger partial charge in [-0.1, -0.05) is 0 Å².